The van der Waals surface area contributed by atoms with Crippen molar-refractivity contribution in [3.8, 4) is 11.6 Å². The number of benzene rings is 2. The molecule has 0 saturated carbocycles. The Morgan fingerprint density at radius 3 is 2.53 bits per heavy atom. The number of nitrogens with one attached hydrogen (secondary N) is 1. The molecule has 0 spiro atoms. The molecule has 182 valence electrons. The van der Waals surface area contributed by atoms with Crippen LogP contribution in [0.4, 0.5) is 5.82 Å². The summed E-state index contributed by atoms with van der Waals surface area (Å²) >= 11 is 0. The summed E-state index contributed by atoms with van der Waals surface area (Å²) in [6, 6.07) is 14.6. The predicted molar refractivity (Wildman–Crippen MR) is 139 cm³/mol. The van der Waals surface area contributed by atoms with E-state index in [-0.39, 0.29) is 12.5 Å². The van der Waals surface area contributed by atoms with Gasteiger partial charge in [0.05, 0.1) is 11.2 Å². The third kappa shape index (κ3) is 4.45. The van der Waals surface area contributed by atoms with Gasteiger partial charge in [-0.1, -0.05) is 11.6 Å². The summed E-state index contributed by atoms with van der Waals surface area (Å²) in [5.74, 6) is 1.19. The first-order valence-electron chi connectivity index (χ1n) is 11.6. The molecular formula is C28H26N4O4. The maximum atomic E-state index is 12.8. The zero-order valence-electron chi connectivity index (χ0n) is 20.8. The first-order valence-corrected chi connectivity index (χ1v) is 11.6. The topological polar surface area (TPSA) is 99.3 Å². The summed E-state index contributed by atoms with van der Waals surface area (Å²) in [6.07, 6.45) is 0. The van der Waals surface area contributed by atoms with Crippen molar-refractivity contribution in [2.45, 2.75) is 34.6 Å². The maximum Gasteiger partial charge on any atom is 0.336 e. The van der Waals surface area contributed by atoms with E-state index in [0.717, 1.165) is 38.7 Å². The number of aryl methyl sites for hydroxylation is 5. The van der Waals surface area contributed by atoms with Gasteiger partial charge in [0.1, 0.15) is 17.2 Å². The summed E-state index contributed by atoms with van der Waals surface area (Å²) in [4.78, 5) is 29.3. The van der Waals surface area contributed by atoms with Crippen LogP contribution in [0.2, 0.25) is 0 Å². The van der Waals surface area contributed by atoms with E-state index in [1.165, 1.54) is 11.6 Å². The minimum Gasteiger partial charge on any atom is -0.484 e. The lowest BCUT2D eigenvalue weighted by Crippen LogP contribution is -2.22. The zero-order valence-corrected chi connectivity index (χ0v) is 20.8. The Hall–Kier alpha value is -4.46. The van der Waals surface area contributed by atoms with Gasteiger partial charge in [-0.05, 0) is 75.6 Å². The van der Waals surface area contributed by atoms with Crippen LogP contribution in [0, 0.1) is 34.6 Å². The number of ether oxygens (including phenoxy) is 1. The second kappa shape index (κ2) is 8.96. The van der Waals surface area contributed by atoms with Gasteiger partial charge in [-0.2, -0.15) is 9.78 Å². The Morgan fingerprint density at radius 1 is 0.944 bits per heavy atom. The number of aromatic nitrogens is 3. The van der Waals surface area contributed by atoms with Crippen molar-refractivity contribution in [1.29, 1.82) is 0 Å². The smallest absolute Gasteiger partial charge is 0.336 e. The van der Waals surface area contributed by atoms with Crippen LogP contribution in [0.3, 0.4) is 0 Å². The molecule has 5 rings (SSSR count). The molecule has 0 aliphatic rings. The van der Waals surface area contributed by atoms with E-state index < -0.39 is 5.63 Å². The molecule has 8 heteroatoms. The SMILES string of the molecule is Cc1cc(C)c2nc(-n3nc(C)cc3NC(=O)COc3ccc4c(C)cc(=O)oc4c3)cc(C)c2c1. The number of carbonyl (C=O) groups excluding carboxylic acids is 1. The quantitative estimate of drug-likeness (QED) is 0.351. The Labute approximate surface area is 207 Å². The summed E-state index contributed by atoms with van der Waals surface area (Å²) in [7, 11) is 0. The predicted octanol–water partition coefficient (Wildman–Crippen LogP) is 5.09. The molecule has 0 radical (unpaired) electrons. The monoisotopic (exact) mass is 482 g/mol. The molecule has 1 N–H and O–H groups in total. The summed E-state index contributed by atoms with van der Waals surface area (Å²) in [6.45, 7) is 9.62. The highest BCUT2D eigenvalue weighted by atomic mass is 16.5. The fourth-order valence-electron chi connectivity index (χ4n) is 4.42. The Balaban J connectivity index is 1.38. The average molecular weight is 483 g/mol. The molecule has 36 heavy (non-hydrogen) atoms. The van der Waals surface area contributed by atoms with Crippen LogP contribution in [-0.4, -0.2) is 27.3 Å². The van der Waals surface area contributed by atoms with Gasteiger partial charge in [-0.3, -0.25) is 4.79 Å². The second-order valence-electron chi connectivity index (χ2n) is 9.10. The van der Waals surface area contributed by atoms with Crippen LogP contribution in [0.25, 0.3) is 27.7 Å². The number of anilines is 1. The van der Waals surface area contributed by atoms with Crippen molar-refractivity contribution in [3.63, 3.8) is 0 Å². The van der Waals surface area contributed by atoms with Crippen LogP contribution in [0.15, 0.2) is 57.7 Å². The van der Waals surface area contributed by atoms with E-state index in [0.29, 0.717) is 23.0 Å². The summed E-state index contributed by atoms with van der Waals surface area (Å²) in [5, 5.41) is 9.34. The van der Waals surface area contributed by atoms with Crippen molar-refractivity contribution >= 4 is 33.6 Å². The molecule has 0 aliphatic carbocycles. The number of amides is 1. The molecule has 2 aromatic carbocycles. The molecular weight excluding hydrogens is 456 g/mol. The number of fused-ring (bicyclic) bond motifs is 2. The molecule has 1 amide bonds. The fourth-order valence-corrected chi connectivity index (χ4v) is 4.42. The van der Waals surface area contributed by atoms with Gasteiger partial charge in [-0.25, -0.2) is 9.78 Å². The summed E-state index contributed by atoms with van der Waals surface area (Å²) in [5.41, 5.74) is 5.79. The van der Waals surface area contributed by atoms with Crippen molar-refractivity contribution in [1.82, 2.24) is 14.8 Å². The molecule has 5 aromatic rings. The van der Waals surface area contributed by atoms with Gasteiger partial charge in [0.15, 0.2) is 12.4 Å². The lowest BCUT2D eigenvalue weighted by atomic mass is 10.0. The van der Waals surface area contributed by atoms with Crippen molar-refractivity contribution in [2.24, 2.45) is 0 Å². The van der Waals surface area contributed by atoms with Gasteiger partial charge in [0.25, 0.3) is 5.91 Å². The molecule has 0 atom stereocenters. The van der Waals surface area contributed by atoms with Gasteiger partial charge in [0, 0.05) is 29.0 Å². The number of pyridine rings is 1. The molecule has 0 saturated heterocycles. The lowest BCUT2D eigenvalue weighted by molar-refractivity contribution is -0.118. The normalized spacial score (nSPS) is 11.2. The van der Waals surface area contributed by atoms with Crippen molar-refractivity contribution < 1.29 is 13.9 Å². The number of rotatable bonds is 5. The van der Waals surface area contributed by atoms with E-state index in [2.05, 4.69) is 29.5 Å². The molecule has 0 unspecified atom stereocenters. The van der Waals surface area contributed by atoms with Crippen LogP contribution in [-0.2, 0) is 4.79 Å². The molecule has 3 aromatic heterocycles. The van der Waals surface area contributed by atoms with E-state index >= 15 is 0 Å². The van der Waals surface area contributed by atoms with Crippen molar-refractivity contribution in [3.05, 3.63) is 86.9 Å². The third-order valence-electron chi connectivity index (χ3n) is 6.05. The highest BCUT2D eigenvalue weighted by Gasteiger charge is 2.15. The molecule has 3 heterocycles. The highest BCUT2D eigenvalue weighted by Crippen LogP contribution is 2.26. The van der Waals surface area contributed by atoms with Gasteiger partial charge < -0.3 is 14.5 Å². The number of hydrogen-bond donors (Lipinski definition) is 1. The fraction of sp³-hybridized carbons (Fsp3) is 0.214. The zero-order chi connectivity index (χ0) is 25.6. The Kier molecular flexibility index (Phi) is 5.80. The van der Waals surface area contributed by atoms with E-state index in [4.69, 9.17) is 14.1 Å². The van der Waals surface area contributed by atoms with Gasteiger partial charge >= 0.3 is 5.63 Å². The molecule has 0 bridgehead atoms. The highest BCUT2D eigenvalue weighted by molar-refractivity contribution is 5.92. The van der Waals surface area contributed by atoms with Crippen LogP contribution in [0.5, 0.6) is 5.75 Å². The molecule has 0 aliphatic heterocycles. The molecule has 0 fully saturated rings. The largest absolute Gasteiger partial charge is 0.484 e. The minimum absolute atomic E-state index is 0.228. The maximum absolute atomic E-state index is 12.8. The van der Waals surface area contributed by atoms with Crippen LogP contribution < -0.4 is 15.7 Å². The van der Waals surface area contributed by atoms with E-state index in [1.807, 2.05) is 33.8 Å². The van der Waals surface area contributed by atoms with Crippen LogP contribution in [0.1, 0.15) is 27.9 Å². The number of hydrogen-bond acceptors (Lipinski definition) is 6. The van der Waals surface area contributed by atoms with Crippen molar-refractivity contribution in [2.75, 3.05) is 11.9 Å². The number of carbonyl (C=O) groups is 1. The first kappa shape index (κ1) is 23.3. The Bertz CT molecular complexity index is 1720. The van der Waals surface area contributed by atoms with E-state index in [1.54, 1.807) is 28.9 Å². The minimum atomic E-state index is -0.429. The average Bonchev–Trinajstić information content (AvgIpc) is 3.17. The van der Waals surface area contributed by atoms with Gasteiger partial charge in [0.2, 0.25) is 0 Å². The Morgan fingerprint density at radius 2 is 1.72 bits per heavy atom. The molecule has 8 nitrogen and oxygen atoms in total. The van der Waals surface area contributed by atoms with E-state index in [9.17, 15) is 9.59 Å². The lowest BCUT2D eigenvalue weighted by Gasteiger charge is -2.13. The third-order valence-corrected chi connectivity index (χ3v) is 6.05. The first-order chi connectivity index (χ1) is 17.2. The summed E-state index contributed by atoms with van der Waals surface area (Å²) < 4.78 is 12.5. The number of nitrogens with zero attached hydrogens (tertiary/aromatic N) is 3. The van der Waals surface area contributed by atoms with Gasteiger partial charge in [-0.15, -0.1) is 0 Å². The second-order valence-corrected chi connectivity index (χ2v) is 9.10. The van der Waals surface area contributed by atoms with Crippen LogP contribution >= 0.6 is 0 Å². The standard InChI is InChI=1S/C28H26N4O4/c1-15-8-18(4)28-22(9-15)16(2)10-24(30-28)32-25(12-19(5)31-32)29-26(33)14-35-20-6-7-21-17(3)11-27(34)36-23(21)13-20/h6-13H,14H2,1-5H3,(H,29,33).